The summed E-state index contributed by atoms with van der Waals surface area (Å²) in [5, 5.41) is 27.8. The summed E-state index contributed by atoms with van der Waals surface area (Å²) >= 11 is 0. The molecule has 3 rings (SSSR count). The van der Waals surface area contributed by atoms with Gasteiger partial charge in [-0.3, -0.25) is 0 Å². The van der Waals surface area contributed by atoms with Gasteiger partial charge in [0, 0.05) is 18.7 Å². The second-order valence-electron chi connectivity index (χ2n) is 4.75. The first kappa shape index (κ1) is 12.7. The molecule has 0 aliphatic carbocycles. The molecule has 0 bridgehead atoms. The number of anilines is 1. The van der Waals surface area contributed by atoms with Crippen LogP contribution in [0.5, 0.6) is 0 Å². The number of para-hydroxylation sites is 1. The van der Waals surface area contributed by atoms with Crippen LogP contribution in [0, 0.1) is 0 Å². The van der Waals surface area contributed by atoms with Crippen LogP contribution in [0.3, 0.4) is 0 Å². The van der Waals surface area contributed by atoms with Crippen LogP contribution in [0.4, 0.5) is 5.95 Å². The normalized spacial score (nSPS) is 23.4. The molecule has 1 aliphatic rings. The highest BCUT2D eigenvalue weighted by atomic mass is 16.4. The van der Waals surface area contributed by atoms with Gasteiger partial charge in [-0.1, -0.05) is 11.2 Å². The minimum atomic E-state index is -0.452. The van der Waals surface area contributed by atoms with Crippen molar-refractivity contribution in [2.75, 3.05) is 18.4 Å². The van der Waals surface area contributed by atoms with Crippen LogP contribution < -0.4 is 16.4 Å². The van der Waals surface area contributed by atoms with Crippen LogP contribution >= 0.6 is 0 Å². The number of hydrogen-bond acceptors (Lipinski definition) is 6. The lowest BCUT2D eigenvalue weighted by Gasteiger charge is -2.13. The largest absolute Gasteiger partial charge is 0.409 e. The monoisotopic (exact) mass is 276 g/mol. The van der Waals surface area contributed by atoms with Crippen molar-refractivity contribution >= 4 is 22.8 Å². The number of amidine groups is 1. The average Bonchev–Trinajstić information content (AvgIpc) is 3.04. The summed E-state index contributed by atoms with van der Waals surface area (Å²) in [4.78, 5) is 7.51. The Balaban J connectivity index is 1.94. The Morgan fingerprint density at radius 2 is 2.30 bits per heavy atom. The topological polar surface area (TPSA) is 132 Å². The number of oxime groups is 1. The molecule has 0 radical (unpaired) electrons. The number of rotatable bonds is 3. The quantitative estimate of drug-likeness (QED) is 0.192. The van der Waals surface area contributed by atoms with Crippen molar-refractivity contribution in [3.63, 3.8) is 0 Å². The third-order valence-corrected chi connectivity index (χ3v) is 3.40. The first-order chi connectivity index (χ1) is 9.69. The molecule has 0 amide bonds. The van der Waals surface area contributed by atoms with E-state index in [1.807, 2.05) is 6.07 Å². The highest BCUT2D eigenvalue weighted by molar-refractivity contribution is 6.07. The van der Waals surface area contributed by atoms with Gasteiger partial charge in [-0.15, -0.1) is 0 Å². The SMILES string of the molecule is NC(=NO)c1cccc2[nH]c(N[C@@H]3CNC[C@@H]3O)nc12. The van der Waals surface area contributed by atoms with E-state index in [2.05, 4.69) is 25.8 Å². The highest BCUT2D eigenvalue weighted by Gasteiger charge is 2.25. The molecule has 2 heterocycles. The highest BCUT2D eigenvalue weighted by Crippen LogP contribution is 2.19. The Morgan fingerprint density at radius 1 is 1.45 bits per heavy atom. The minimum absolute atomic E-state index is 0.0104. The van der Waals surface area contributed by atoms with Crippen molar-refractivity contribution in [2.45, 2.75) is 12.1 Å². The molecule has 1 saturated heterocycles. The number of H-pyrrole nitrogens is 1. The van der Waals surface area contributed by atoms with Crippen LogP contribution in [0.25, 0.3) is 11.0 Å². The lowest BCUT2D eigenvalue weighted by molar-refractivity contribution is 0.185. The maximum absolute atomic E-state index is 9.77. The first-order valence-electron chi connectivity index (χ1n) is 6.31. The van der Waals surface area contributed by atoms with E-state index in [9.17, 15) is 5.11 Å². The Morgan fingerprint density at radius 3 is 3.00 bits per heavy atom. The van der Waals surface area contributed by atoms with E-state index < -0.39 is 6.10 Å². The van der Waals surface area contributed by atoms with Crippen LogP contribution in [0.1, 0.15) is 5.56 Å². The summed E-state index contributed by atoms with van der Waals surface area (Å²) < 4.78 is 0. The molecule has 8 nitrogen and oxygen atoms in total. The maximum Gasteiger partial charge on any atom is 0.201 e. The van der Waals surface area contributed by atoms with Crippen molar-refractivity contribution in [1.29, 1.82) is 0 Å². The third kappa shape index (κ3) is 2.15. The molecule has 0 saturated carbocycles. The molecule has 8 heteroatoms. The van der Waals surface area contributed by atoms with E-state index in [1.165, 1.54) is 0 Å². The molecular weight excluding hydrogens is 260 g/mol. The Bertz CT molecular complexity index is 652. The van der Waals surface area contributed by atoms with E-state index in [0.29, 0.717) is 30.1 Å². The molecule has 1 aliphatic heterocycles. The van der Waals surface area contributed by atoms with Crippen LogP contribution in [-0.2, 0) is 0 Å². The molecule has 1 fully saturated rings. The second kappa shape index (κ2) is 4.99. The maximum atomic E-state index is 9.77. The molecular formula is C12H16N6O2. The standard InChI is InChI=1S/C12H16N6O2/c13-11(18-20)6-2-1-3-7-10(6)17-12(15-7)16-8-4-14-5-9(8)19/h1-3,8-9,14,19-20H,4-5H2,(H2,13,18)(H2,15,16,17)/t8-,9+/m1/s1. The van der Waals surface area contributed by atoms with Crippen molar-refractivity contribution in [3.8, 4) is 0 Å². The number of nitrogens with two attached hydrogens (primary N) is 1. The zero-order valence-electron chi connectivity index (χ0n) is 10.7. The lowest BCUT2D eigenvalue weighted by Crippen LogP contribution is -2.32. The summed E-state index contributed by atoms with van der Waals surface area (Å²) in [6, 6.07) is 5.28. The number of nitrogens with one attached hydrogen (secondary N) is 3. The summed E-state index contributed by atoms with van der Waals surface area (Å²) in [5.41, 5.74) is 7.58. The van der Waals surface area contributed by atoms with Gasteiger partial charge in [0.2, 0.25) is 5.95 Å². The van der Waals surface area contributed by atoms with Gasteiger partial charge in [-0.25, -0.2) is 4.98 Å². The molecule has 0 spiro atoms. The fourth-order valence-corrected chi connectivity index (χ4v) is 2.35. The van der Waals surface area contributed by atoms with Gasteiger partial charge in [0.25, 0.3) is 0 Å². The van der Waals surface area contributed by atoms with Gasteiger partial charge in [0.15, 0.2) is 5.84 Å². The molecule has 0 unspecified atom stereocenters. The molecule has 106 valence electrons. The van der Waals surface area contributed by atoms with Crippen LogP contribution in [-0.4, -0.2) is 51.4 Å². The Kier molecular flexibility index (Phi) is 3.17. The average molecular weight is 276 g/mol. The number of aliphatic hydroxyl groups excluding tert-OH is 1. The number of hydrogen-bond donors (Lipinski definition) is 6. The number of imidazole rings is 1. The molecule has 2 atom stereocenters. The number of aliphatic hydroxyl groups is 1. The summed E-state index contributed by atoms with van der Waals surface area (Å²) in [6.45, 7) is 1.23. The first-order valence-corrected chi connectivity index (χ1v) is 6.31. The van der Waals surface area contributed by atoms with Gasteiger partial charge < -0.3 is 31.7 Å². The van der Waals surface area contributed by atoms with Gasteiger partial charge in [-0.05, 0) is 12.1 Å². The molecule has 20 heavy (non-hydrogen) atoms. The predicted octanol–water partition coefficient (Wildman–Crippen LogP) is -0.598. The van der Waals surface area contributed by atoms with Crippen molar-refractivity contribution in [2.24, 2.45) is 10.9 Å². The second-order valence-corrected chi connectivity index (χ2v) is 4.75. The van der Waals surface area contributed by atoms with E-state index in [4.69, 9.17) is 10.9 Å². The smallest absolute Gasteiger partial charge is 0.201 e. The van der Waals surface area contributed by atoms with Gasteiger partial charge >= 0.3 is 0 Å². The number of benzene rings is 1. The van der Waals surface area contributed by atoms with Gasteiger partial charge in [0.05, 0.1) is 17.7 Å². The van der Waals surface area contributed by atoms with Crippen LogP contribution in [0.15, 0.2) is 23.4 Å². The molecule has 1 aromatic carbocycles. The summed E-state index contributed by atoms with van der Waals surface area (Å²) in [6.07, 6.45) is -0.452. The van der Waals surface area contributed by atoms with Crippen molar-refractivity contribution in [3.05, 3.63) is 23.8 Å². The number of nitrogens with zero attached hydrogens (tertiary/aromatic N) is 2. The van der Waals surface area contributed by atoms with Crippen LogP contribution in [0.2, 0.25) is 0 Å². The molecule has 2 aromatic rings. The van der Waals surface area contributed by atoms with Gasteiger partial charge in [0.1, 0.15) is 5.52 Å². The van der Waals surface area contributed by atoms with E-state index in [0.717, 1.165) is 5.52 Å². The van der Waals surface area contributed by atoms with E-state index in [-0.39, 0.29) is 11.9 Å². The number of β-amino-alcohol motifs (C(OH)–C–C–N with tert-alkyl or cyclic N) is 1. The fraction of sp³-hybridized carbons (Fsp3) is 0.333. The predicted molar refractivity (Wildman–Crippen MR) is 74.9 cm³/mol. The fourth-order valence-electron chi connectivity index (χ4n) is 2.35. The van der Waals surface area contributed by atoms with E-state index >= 15 is 0 Å². The Hall–Kier alpha value is -2.32. The Labute approximate surface area is 114 Å². The van der Waals surface area contributed by atoms with Crippen molar-refractivity contribution in [1.82, 2.24) is 15.3 Å². The summed E-state index contributed by atoms with van der Waals surface area (Å²) in [7, 11) is 0. The third-order valence-electron chi connectivity index (χ3n) is 3.40. The summed E-state index contributed by atoms with van der Waals surface area (Å²) in [5.74, 6) is 0.558. The minimum Gasteiger partial charge on any atom is -0.409 e. The van der Waals surface area contributed by atoms with E-state index in [1.54, 1.807) is 12.1 Å². The molecule has 1 aromatic heterocycles. The number of aromatic amines is 1. The lowest BCUT2D eigenvalue weighted by atomic mass is 10.2. The molecule has 7 N–H and O–H groups in total. The number of fused-ring (bicyclic) bond motifs is 1. The van der Waals surface area contributed by atoms with Crippen molar-refractivity contribution < 1.29 is 10.3 Å². The number of aromatic nitrogens is 2. The van der Waals surface area contributed by atoms with Gasteiger partial charge in [-0.2, -0.15) is 0 Å². The zero-order chi connectivity index (χ0) is 14.1. The zero-order valence-corrected chi connectivity index (χ0v) is 10.7.